The average Bonchev–Trinajstić information content (AvgIpc) is 2.70. The molecule has 0 bridgehead atoms. The molecule has 0 unspecified atom stereocenters. The van der Waals surface area contributed by atoms with Gasteiger partial charge in [0.05, 0.1) is 12.4 Å². The highest BCUT2D eigenvalue weighted by Gasteiger charge is 2.09. The Kier molecular flexibility index (Phi) is 6.54. The quantitative estimate of drug-likeness (QED) is 0.626. The Morgan fingerprint density at radius 3 is 2.32 bits per heavy atom. The number of benzene rings is 2. The molecule has 7 nitrogen and oxygen atoms in total. The Balaban J connectivity index is 1.54. The maximum Gasteiger partial charge on any atom is 0.275 e. The molecule has 1 aromatic heterocycles. The minimum absolute atomic E-state index is 0.253. The number of carbonyl (C=O) groups is 1. The number of aromatic nitrogens is 2. The number of hydrogen-bond acceptors (Lipinski definition) is 6. The summed E-state index contributed by atoms with van der Waals surface area (Å²) in [4.78, 5) is 22.8. The Hall–Kier alpha value is -3.45. The zero-order valence-corrected chi connectivity index (χ0v) is 15.9. The molecule has 1 amide bonds. The molecule has 3 rings (SSSR count). The van der Waals surface area contributed by atoms with Crippen LogP contribution in [-0.2, 0) is 0 Å². The van der Waals surface area contributed by atoms with Crippen LogP contribution in [-0.4, -0.2) is 48.0 Å². The van der Waals surface area contributed by atoms with Crippen molar-refractivity contribution in [3.05, 3.63) is 72.7 Å². The highest BCUT2D eigenvalue weighted by atomic mass is 16.5. The summed E-state index contributed by atoms with van der Waals surface area (Å²) in [5.41, 5.74) is 0.906. The van der Waals surface area contributed by atoms with Gasteiger partial charge in [-0.2, -0.15) is 0 Å². The van der Waals surface area contributed by atoms with Crippen LogP contribution in [0, 0.1) is 0 Å². The number of carbonyl (C=O) groups excluding carboxylic acids is 1. The summed E-state index contributed by atoms with van der Waals surface area (Å²) in [7, 11) is 4.00. The van der Waals surface area contributed by atoms with Crippen LogP contribution in [0.5, 0.6) is 11.5 Å². The van der Waals surface area contributed by atoms with Crippen molar-refractivity contribution < 1.29 is 9.53 Å². The lowest BCUT2D eigenvalue weighted by molar-refractivity contribution is 0.102. The molecular formula is C21H23N5O2. The molecule has 2 aromatic carbocycles. The van der Waals surface area contributed by atoms with Crippen LogP contribution in [0.1, 0.15) is 10.5 Å². The van der Waals surface area contributed by atoms with Crippen LogP contribution in [0.3, 0.4) is 0 Å². The lowest BCUT2D eigenvalue weighted by Crippen LogP contribution is -2.21. The second-order valence-corrected chi connectivity index (χ2v) is 6.41. The van der Waals surface area contributed by atoms with E-state index in [9.17, 15) is 4.79 Å². The largest absolute Gasteiger partial charge is 0.457 e. The molecule has 0 saturated heterocycles. The zero-order chi connectivity index (χ0) is 19.8. The van der Waals surface area contributed by atoms with Gasteiger partial charge in [-0.3, -0.25) is 4.79 Å². The smallest absolute Gasteiger partial charge is 0.275 e. The fourth-order valence-corrected chi connectivity index (χ4v) is 2.37. The highest BCUT2D eigenvalue weighted by Crippen LogP contribution is 2.22. The van der Waals surface area contributed by atoms with Gasteiger partial charge in [0.2, 0.25) is 0 Å². The maximum atomic E-state index is 12.3. The Morgan fingerprint density at radius 2 is 1.68 bits per heavy atom. The normalized spacial score (nSPS) is 10.5. The highest BCUT2D eigenvalue weighted by molar-refractivity contribution is 6.02. The van der Waals surface area contributed by atoms with Gasteiger partial charge in [0.25, 0.3) is 5.91 Å². The van der Waals surface area contributed by atoms with E-state index in [1.807, 2.05) is 44.4 Å². The molecule has 0 aliphatic rings. The van der Waals surface area contributed by atoms with Gasteiger partial charge in [0.1, 0.15) is 23.0 Å². The minimum atomic E-state index is -0.316. The molecule has 144 valence electrons. The van der Waals surface area contributed by atoms with E-state index in [0.29, 0.717) is 17.3 Å². The third kappa shape index (κ3) is 5.78. The van der Waals surface area contributed by atoms with Crippen LogP contribution in [0.25, 0.3) is 0 Å². The molecule has 0 aliphatic heterocycles. The van der Waals surface area contributed by atoms with E-state index in [0.717, 1.165) is 18.8 Å². The molecule has 1 heterocycles. The minimum Gasteiger partial charge on any atom is -0.457 e. The van der Waals surface area contributed by atoms with Gasteiger partial charge in [-0.1, -0.05) is 18.2 Å². The molecule has 0 saturated carbocycles. The van der Waals surface area contributed by atoms with E-state index < -0.39 is 0 Å². The zero-order valence-electron chi connectivity index (χ0n) is 15.9. The van der Waals surface area contributed by atoms with E-state index in [2.05, 4.69) is 25.5 Å². The number of ether oxygens (including phenoxy) is 1. The second-order valence-electron chi connectivity index (χ2n) is 6.41. The van der Waals surface area contributed by atoms with E-state index in [-0.39, 0.29) is 11.6 Å². The molecule has 0 aliphatic carbocycles. The number of para-hydroxylation sites is 1. The van der Waals surface area contributed by atoms with Crippen LogP contribution in [0.4, 0.5) is 11.5 Å². The number of hydrogen-bond donors (Lipinski definition) is 2. The molecular weight excluding hydrogens is 354 g/mol. The number of anilines is 2. The van der Waals surface area contributed by atoms with Crippen molar-refractivity contribution in [1.29, 1.82) is 0 Å². The second kappa shape index (κ2) is 9.48. The van der Waals surface area contributed by atoms with Gasteiger partial charge >= 0.3 is 0 Å². The topological polar surface area (TPSA) is 79.4 Å². The van der Waals surface area contributed by atoms with Gasteiger partial charge < -0.3 is 20.3 Å². The Labute approximate surface area is 164 Å². The predicted octanol–water partition coefficient (Wildman–Crippen LogP) is 3.49. The van der Waals surface area contributed by atoms with Gasteiger partial charge in [-0.15, -0.1) is 0 Å². The Morgan fingerprint density at radius 1 is 0.964 bits per heavy atom. The fourth-order valence-electron chi connectivity index (χ4n) is 2.37. The van der Waals surface area contributed by atoms with Gasteiger partial charge in [0.15, 0.2) is 0 Å². The van der Waals surface area contributed by atoms with Crippen molar-refractivity contribution in [2.75, 3.05) is 37.8 Å². The molecule has 0 radical (unpaired) electrons. The van der Waals surface area contributed by atoms with Crippen LogP contribution in [0.15, 0.2) is 67.0 Å². The first kappa shape index (κ1) is 19.3. The molecule has 2 N–H and O–H groups in total. The van der Waals surface area contributed by atoms with Crippen molar-refractivity contribution >= 4 is 17.4 Å². The van der Waals surface area contributed by atoms with E-state index >= 15 is 0 Å². The molecule has 0 atom stereocenters. The standard InChI is InChI=1S/C21H23N5O2/c1-26(2)13-12-22-20-15-23-19(14-24-20)21(27)25-16-8-10-18(11-9-16)28-17-6-4-3-5-7-17/h3-11,14-15H,12-13H2,1-2H3,(H,22,24)(H,25,27). The fraction of sp³-hybridized carbons (Fsp3) is 0.190. The number of nitrogens with zero attached hydrogens (tertiary/aromatic N) is 3. The van der Waals surface area contributed by atoms with E-state index in [4.69, 9.17) is 4.74 Å². The van der Waals surface area contributed by atoms with Crippen molar-refractivity contribution in [2.24, 2.45) is 0 Å². The van der Waals surface area contributed by atoms with Crippen molar-refractivity contribution in [3.8, 4) is 11.5 Å². The first-order valence-electron chi connectivity index (χ1n) is 8.95. The van der Waals surface area contributed by atoms with E-state index in [1.165, 1.54) is 6.20 Å². The molecule has 7 heteroatoms. The predicted molar refractivity (Wildman–Crippen MR) is 110 cm³/mol. The molecule has 0 spiro atoms. The van der Waals surface area contributed by atoms with Crippen LogP contribution in [0.2, 0.25) is 0 Å². The van der Waals surface area contributed by atoms with Crippen molar-refractivity contribution in [1.82, 2.24) is 14.9 Å². The lowest BCUT2D eigenvalue weighted by Gasteiger charge is -2.11. The molecule has 28 heavy (non-hydrogen) atoms. The van der Waals surface area contributed by atoms with E-state index in [1.54, 1.807) is 30.5 Å². The van der Waals surface area contributed by atoms with Crippen molar-refractivity contribution in [2.45, 2.75) is 0 Å². The summed E-state index contributed by atoms with van der Waals surface area (Å²) in [6.45, 7) is 1.64. The van der Waals surface area contributed by atoms with Crippen molar-refractivity contribution in [3.63, 3.8) is 0 Å². The van der Waals surface area contributed by atoms with Crippen LogP contribution >= 0.6 is 0 Å². The first-order valence-corrected chi connectivity index (χ1v) is 8.95. The first-order chi connectivity index (χ1) is 13.6. The summed E-state index contributed by atoms with van der Waals surface area (Å²) in [6, 6.07) is 16.7. The summed E-state index contributed by atoms with van der Waals surface area (Å²) in [5, 5.41) is 5.96. The molecule has 3 aromatic rings. The average molecular weight is 377 g/mol. The number of rotatable bonds is 8. The Bertz CT molecular complexity index is 881. The summed E-state index contributed by atoms with van der Waals surface area (Å²) in [6.07, 6.45) is 3.02. The SMILES string of the molecule is CN(C)CCNc1cnc(C(=O)Nc2ccc(Oc3ccccc3)cc2)cn1. The monoisotopic (exact) mass is 377 g/mol. The maximum absolute atomic E-state index is 12.3. The van der Waals surface area contributed by atoms with Gasteiger partial charge in [-0.25, -0.2) is 9.97 Å². The number of likely N-dealkylation sites (N-methyl/N-ethyl adjacent to an activating group) is 1. The summed E-state index contributed by atoms with van der Waals surface area (Å²) in [5.74, 6) is 1.77. The summed E-state index contributed by atoms with van der Waals surface area (Å²) >= 11 is 0. The summed E-state index contributed by atoms with van der Waals surface area (Å²) < 4.78 is 5.74. The third-order valence-electron chi connectivity index (χ3n) is 3.84. The van der Waals surface area contributed by atoms with Gasteiger partial charge in [-0.05, 0) is 50.5 Å². The third-order valence-corrected chi connectivity index (χ3v) is 3.84. The number of nitrogens with one attached hydrogen (secondary N) is 2. The molecule has 0 fully saturated rings. The lowest BCUT2D eigenvalue weighted by atomic mass is 10.3. The number of amides is 1. The van der Waals surface area contributed by atoms with Crippen LogP contribution < -0.4 is 15.4 Å². The van der Waals surface area contributed by atoms with Gasteiger partial charge in [0, 0.05) is 18.8 Å².